The molecule has 2 heterocycles. The van der Waals surface area contributed by atoms with Crippen LogP contribution >= 0.6 is 11.3 Å². The van der Waals surface area contributed by atoms with Gasteiger partial charge in [0.2, 0.25) is 0 Å². The van der Waals surface area contributed by atoms with Crippen molar-refractivity contribution in [3.8, 4) is 16.3 Å². The summed E-state index contributed by atoms with van der Waals surface area (Å²) < 4.78 is 31.0. The van der Waals surface area contributed by atoms with Crippen molar-refractivity contribution >= 4 is 37.3 Å². The van der Waals surface area contributed by atoms with E-state index in [1.807, 2.05) is 72.8 Å². The van der Waals surface area contributed by atoms with Gasteiger partial charge in [-0.05, 0) is 48.4 Å². The van der Waals surface area contributed by atoms with E-state index in [0.717, 1.165) is 26.4 Å². The molecule has 0 saturated carbocycles. The number of amides is 1. The number of carbonyl (C=O) groups is 1. The lowest BCUT2D eigenvalue weighted by atomic mass is 10.1. The number of aromatic nitrogens is 1. The molecule has 1 aliphatic heterocycles. The molecule has 1 unspecified atom stereocenters. The number of benzene rings is 3. The van der Waals surface area contributed by atoms with Crippen LogP contribution in [0.4, 0.5) is 0 Å². The van der Waals surface area contributed by atoms with E-state index < -0.39 is 9.84 Å². The van der Waals surface area contributed by atoms with Gasteiger partial charge in [-0.1, -0.05) is 42.5 Å². The van der Waals surface area contributed by atoms with Crippen molar-refractivity contribution < 1.29 is 17.9 Å². The molecule has 1 saturated heterocycles. The van der Waals surface area contributed by atoms with Gasteiger partial charge in [-0.15, -0.1) is 11.3 Å². The second kappa shape index (κ2) is 9.56. The summed E-state index contributed by atoms with van der Waals surface area (Å²) in [7, 11) is -3.11. The average Bonchev–Trinajstić information content (AvgIpc) is 3.45. The number of para-hydroxylation sites is 1. The minimum atomic E-state index is -3.11. The van der Waals surface area contributed by atoms with Crippen LogP contribution in [0.15, 0.2) is 78.9 Å². The first-order valence-corrected chi connectivity index (χ1v) is 13.7. The number of nitrogens with zero attached hydrogens (tertiary/aromatic N) is 2. The standard InChI is InChI=1S/C26H24N2O4S2/c29-25(28(16-19-6-2-1-3-7-19)21-14-15-34(30,31)18-21)17-32-22-12-10-20(11-13-22)26-27-23-8-4-5-9-24(23)33-26/h1-13,21H,14-18H2. The molecule has 1 amide bonds. The topological polar surface area (TPSA) is 76.6 Å². The van der Waals surface area contributed by atoms with Crippen molar-refractivity contribution in [3.63, 3.8) is 0 Å². The van der Waals surface area contributed by atoms with E-state index in [9.17, 15) is 13.2 Å². The normalized spacial score (nSPS) is 17.0. The highest BCUT2D eigenvalue weighted by Gasteiger charge is 2.34. The lowest BCUT2D eigenvalue weighted by molar-refractivity contribution is -0.136. The summed E-state index contributed by atoms with van der Waals surface area (Å²) in [5, 5.41) is 0.931. The van der Waals surface area contributed by atoms with Gasteiger partial charge in [-0.3, -0.25) is 4.79 Å². The van der Waals surface area contributed by atoms with E-state index in [1.165, 1.54) is 0 Å². The van der Waals surface area contributed by atoms with E-state index >= 15 is 0 Å². The summed E-state index contributed by atoms with van der Waals surface area (Å²) in [6, 6.07) is 24.8. The Morgan fingerprint density at radius 2 is 1.74 bits per heavy atom. The Hall–Kier alpha value is -3.23. The van der Waals surface area contributed by atoms with Crippen LogP contribution in [0, 0.1) is 0 Å². The number of carbonyl (C=O) groups excluding carboxylic acids is 1. The van der Waals surface area contributed by atoms with E-state index in [0.29, 0.717) is 18.7 Å². The molecular weight excluding hydrogens is 468 g/mol. The minimum Gasteiger partial charge on any atom is -0.484 e. The molecule has 8 heteroatoms. The molecule has 34 heavy (non-hydrogen) atoms. The van der Waals surface area contributed by atoms with E-state index in [4.69, 9.17) is 4.74 Å². The first-order valence-electron chi connectivity index (χ1n) is 11.1. The number of fused-ring (bicyclic) bond motifs is 1. The van der Waals surface area contributed by atoms with Crippen molar-refractivity contribution in [3.05, 3.63) is 84.4 Å². The summed E-state index contributed by atoms with van der Waals surface area (Å²) in [5.74, 6) is 0.477. The largest absolute Gasteiger partial charge is 0.484 e. The number of ether oxygens (including phenoxy) is 1. The molecule has 0 bridgehead atoms. The molecule has 5 rings (SSSR count). The maximum absolute atomic E-state index is 13.1. The van der Waals surface area contributed by atoms with Gasteiger partial charge in [0.25, 0.3) is 5.91 Å². The number of hydrogen-bond acceptors (Lipinski definition) is 6. The molecular formula is C26H24N2O4S2. The first-order chi connectivity index (χ1) is 16.5. The van der Waals surface area contributed by atoms with E-state index in [-0.39, 0.29) is 30.1 Å². The number of rotatable bonds is 7. The van der Waals surface area contributed by atoms with Gasteiger partial charge in [0, 0.05) is 18.2 Å². The smallest absolute Gasteiger partial charge is 0.261 e. The zero-order chi connectivity index (χ0) is 23.5. The van der Waals surface area contributed by atoms with Crippen LogP contribution < -0.4 is 4.74 Å². The third-order valence-electron chi connectivity index (χ3n) is 5.92. The van der Waals surface area contributed by atoms with Crippen molar-refractivity contribution in [2.45, 2.75) is 19.0 Å². The van der Waals surface area contributed by atoms with Gasteiger partial charge in [0.1, 0.15) is 10.8 Å². The Morgan fingerprint density at radius 1 is 1.00 bits per heavy atom. The van der Waals surface area contributed by atoms with Gasteiger partial charge in [-0.2, -0.15) is 0 Å². The van der Waals surface area contributed by atoms with Gasteiger partial charge in [0.05, 0.1) is 21.7 Å². The van der Waals surface area contributed by atoms with Crippen LogP contribution in [0.3, 0.4) is 0 Å². The van der Waals surface area contributed by atoms with Crippen LogP contribution in [-0.2, 0) is 21.2 Å². The second-order valence-corrected chi connectivity index (χ2v) is 11.6. The molecule has 0 radical (unpaired) electrons. The highest BCUT2D eigenvalue weighted by atomic mass is 32.2. The molecule has 0 aliphatic carbocycles. The quantitative estimate of drug-likeness (QED) is 0.378. The molecule has 1 aliphatic rings. The van der Waals surface area contributed by atoms with Crippen molar-refractivity contribution in [1.29, 1.82) is 0 Å². The molecule has 1 fully saturated rings. The van der Waals surface area contributed by atoms with Crippen molar-refractivity contribution in [1.82, 2.24) is 9.88 Å². The predicted molar refractivity (Wildman–Crippen MR) is 135 cm³/mol. The third-order valence-corrected chi connectivity index (χ3v) is 8.76. The lowest BCUT2D eigenvalue weighted by Gasteiger charge is -2.28. The Morgan fingerprint density at radius 3 is 2.44 bits per heavy atom. The Balaban J connectivity index is 1.27. The third kappa shape index (κ3) is 5.13. The molecule has 0 spiro atoms. The molecule has 1 atom stereocenters. The fraction of sp³-hybridized carbons (Fsp3) is 0.231. The first kappa shape index (κ1) is 22.6. The number of thiazole rings is 1. The summed E-state index contributed by atoms with van der Waals surface area (Å²) in [5.41, 5.74) is 2.92. The Labute approximate surface area is 202 Å². The Kier molecular flexibility index (Phi) is 6.34. The van der Waals surface area contributed by atoms with Gasteiger partial charge in [-0.25, -0.2) is 13.4 Å². The van der Waals surface area contributed by atoms with Gasteiger partial charge < -0.3 is 9.64 Å². The van der Waals surface area contributed by atoms with Crippen LogP contribution in [0.5, 0.6) is 5.75 Å². The second-order valence-electron chi connectivity index (χ2n) is 8.36. The lowest BCUT2D eigenvalue weighted by Crippen LogP contribution is -2.43. The van der Waals surface area contributed by atoms with E-state index in [2.05, 4.69) is 11.1 Å². The maximum Gasteiger partial charge on any atom is 0.261 e. The highest BCUT2D eigenvalue weighted by Crippen LogP contribution is 2.31. The summed E-state index contributed by atoms with van der Waals surface area (Å²) in [4.78, 5) is 19.4. The minimum absolute atomic E-state index is 0.00242. The molecule has 174 valence electrons. The summed E-state index contributed by atoms with van der Waals surface area (Å²) in [6.45, 7) is 0.212. The summed E-state index contributed by atoms with van der Waals surface area (Å²) in [6.07, 6.45) is 0.456. The average molecular weight is 493 g/mol. The zero-order valence-electron chi connectivity index (χ0n) is 18.5. The van der Waals surface area contributed by atoms with Gasteiger partial charge in [0.15, 0.2) is 16.4 Å². The van der Waals surface area contributed by atoms with Crippen molar-refractivity contribution in [2.75, 3.05) is 18.1 Å². The monoisotopic (exact) mass is 492 g/mol. The van der Waals surface area contributed by atoms with Crippen molar-refractivity contribution in [2.24, 2.45) is 0 Å². The fourth-order valence-electron chi connectivity index (χ4n) is 4.14. The summed E-state index contributed by atoms with van der Waals surface area (Å²) >= 11 is 1.63. The Bertz CT molecular complexity index is 1370. The fourth-order valence-corrected chi connectivity index (χ4v) is 6.84. The molecule has 4 aromatic rings. The number of sulfone groups is 1. The molecule has 3 aromatic carbocycles. The predicted octanol–water partition coefficient (Wildman–Crippen LogP) is 4.56. The maximum atomic E-state index is 13.1. The van der Waals surface area contributed by atoms with Crippen LogP contribution in [0.25, 0.3) is 20.8 Å². The van der Waals surface area contributed by atoms with Crippen LogP contribution in [-0.4, -0.2) is 48.4 Å². The highest BCUT2D eigenvalue weighted by molar-refractivity contribution is 7.91. The SMILES string of the molecule is O=C(COc1ccc(-c2nc3ccccc3s2)cc1)N(Cc1ccccc1)C1CCS(=O)(=O)C1. The number of hydrogen-bond donors (Lipinski definition) is 0. The van der Waals surface area contributed by atoms with Crippen LogP contribution in [0.2, 0.25) is 0 Å². The van der Waals surface area contributed by atoms with E-state index in [1.54, 1.807) is 16.2 Å². The zero-order valence-corrected chi connectivity index (χ0v) is 20.1. The molecule has 0 N–H and O–H groups in total. The van der Waals surface area contributed by atoms with Gasteiger partial charge >= 0.3 is 0 Å². The van der Waals surface area contributed by atoms with Crippen LogP contribution in [0.1, 0.15) is 12.0 Å². The molecule has 6 nitrogen and oxygen atoms in total. The molecule has 1 aromatic heterocycles.